The van der Waals surface area contributed by atoms with Gasteiger partial charge in [0.05, 0.1) is 5.69 Å². The summed E-state index contributed by atoms with van der Waals surface area (Å²) in [6, 6.07) is 13.6. The van der Waals surface area contributed by atoms with Crippen molar-refractivity contribution in [3.05, 3.63) is 77.5 Å². The molecule has 0 atom stereocenters. The maximum atomic E-state index is 13.7. The van der Waals surface area contributed by atoms with E-state index in [9.17, 15) is 17.6 Å². The maximum absolute atomic E-state index is 13.7. The van der Waals surface area contributed by atoms with Crippen LogP contribution in [-0.4, -0.2) is 25.1 Å². The summed E-state index contributed by atoms with van der Waals surface area (Å²) in [4.78, 5) is 4.02. The zero-order valence-electron chi connectivity index (χ0n) is 14.1. The SMILES string of the molecule is Fc1ccc(-n2nnc(-c3nc(Cc4ccccc4)no3)c2C(F)(F)F)cc1. The topological polar surface area (TPSA) is 69.6 Å². The van der Waals surface area contributed by atoms with Crippen molar-refractivity contribution >= 4 is 0 Å². The molecule has 142 valence electrons. The van der Waals surface area contributed by atoms with E-state index in [-0.39, 0.29) is 17.9 Å². The van der Waals surface area contributed by atoms with Crippen LogP contribution in [0, 0.1) is 5.82 Å². The molecule has 0 aliphatic heterocycles. The van der Waals surface area contributed by atoms with Crippen LogP contribution < -0.4 is 0 Å². The van der Waals surface area contributed by atoms with Crippen LogP contribution in [0.3, 0.4) is 0 Å². The minimum Gasteiger partial charge on any atom is -0.332 e. The highest BCUT2D eigenvalue weighted by molar-refractivity contribution is 5.53. The van der Waals surface area contributed by atoms with Crippen molar-refractivity contribution in [1.29, 1.82) is 0 Å². The highest BCUT2D eigenvalue weighted by Gasteiger charge is 2.42. The summed E-state index contributed by atoms with van der Waals surface area (Å²) in [5.74, 6) is -0.766. The Morgan fingerprint density at radius 2 is 1.68 bits per heavy atom. The fourth-order valence-corrected chi connectivity index (χ4v) is 2.64. The second-order valence-electron chi connectivity index (χ2n) is 5.85. The van der Waals surface area contributed by atoms with Gasteiger partial charge in [0.1, 0.15) is 5.82 Å². The fraction of sp³-hybridized carbons (Fsp3) is 0.111. The number of aromatic nitrogens is 5. The van der Waals surface area contributed by atoms with Crippen molar-refractivity contribution in [3.8, 4) is 17.3 Å². The average molecular weight is 389 g/mol. The van der Waals surface area contributed by atoms with Gasteiger partial charge in [0.15, 0.2) is 17.2 Å². The number of alkyl halides is 3. The molecule has 0 spiro atoms. The first-order valence-electron chi connectivity index (χ1n) is 8.07. The van der Waals surface area contributed by atoms with Gasteiger partial charge in [-0.25, -0.2) is 9.07 Å². The van der Waals surface area contributed by atoms with E-state index in [1.165, 1.54) is 0 Å². The Bertz CT molecular complexity index is 1090. The molecule has 6 nitrogen and oxygen atoms in total. The third-order valence-corrected chi connectivity index (χ3v) is 3.89. The van der Waals surface area contributed by atoms with Crippen molar-refractivity contribution in [2.75, 3.05) is 0 Å². The van der Waals surface area contributed by atoms with Crippen LogP contribution in [0.15, 0.2) is 59.1 Å². The van der Waals surface area contributed by atoms with Crippen LogP contribution in [0.4, 0.5) is 17.6 Å². The Morgan fingerprint density at radius 1 is 0.964 bits per heavy atom. The first kappa shape index (κ1) is 17.8. The van der Waals surface area contributed by atoms with Crippen LogP contribution in [0.1, 0.15) is 17.1 Å². The van der Waals surface area contributed by atoms with Crippen LogP contribution >= 0.6 is 0 Å². The minimum absolute atomic E-state index is 0.00324. The van der Waals surface area contributed by atoms with E-state index in [0.717, 1.165) is 29.8 Å². The minimum atomic E-state index is -4.80. The van der Waals surface area contributed by atoms with Gasteiger partial charge in [0, 0.05) is 6.42 Å². The molecule has 28 heavy (non-hydrogen) atoms. The molecule has 0 bridgehead atoms. The zero-order valence-corrected chi connectivity index (χ0v) is 14.1. The smallest absolute Gasteiger partial charge is 0.332 e. The lowest BCUT2D eigenvalue weighted by atomic mass is 10.1. The van der Waals surface area contributed by atoms with Crippen LogP contribution in [0.5, 0.6) is 0 Å². The van der Waals surface area contributed by atoms with Gasteiger partial charge in [0.2, 0.25) is 0 Å². The van der Waals surface area contributed by atoms with Gasteiger partial charge in [-0.3, -0.25) is 0 Å². The third kappa shape index (κ3) is 3.48. The summed E-state index contributed by atoms with van der Waals surface area (Å²) in [6.07, 6.45) is -4.51. The Balaban J connectivity index is 1.73. The summed E-state index contributed by atoms with van der Waals surface area (Å²) in [5, 5.41) is 10.8. The largest absolute Gasteiger partial charge is 0.435 e. The number of halogens is 4. The van der Waals surface area contributed by atoms with Gasteiger partial charge >= 0.3 is 6.18 Å². The van der Waals surface area contributed by atoms with E-state index in [0.29, 0.717) is 4.68 Å². The molecule has 2 aromatic heterocycles. The number of rotatable bonds is 4. The van der Waals surface area contributed by atoms with Gasteiger partial charge in [-0.1, -0.05) is 40.7 Å². The standard InChI is InChI=1S/C18H11F4N5O/c19-12-6-8-13(9-7-12)27-16(18(20,21)22)15(24-26-27)17-23-14(25-28-17)10-11-4-2-1-3-5-11/h1-9H,10H2. The highest BCUT2D eigenvalue weighted by atomic mass is 19.4. The van der Waals surface area contributed by atoms with E-state index >= 15 is 0 Å². The molecule has 2 aromatic carbocycles. The van der Waals surface area contributed by atoms with Gasteiger partial charge < -0.3 is 4.52 Å². The molecule has 0 N–H and O–H groups in total. The Hall–Kier alpha value is -3.56. The van der Waals surface area contributed by atoms with E-state index in [1.54, 1.807) is 0 Å². The molecule has 0 aliphatic rings. The number of hydrogen-bond donors (Lipinski definition) is 0. The number of hydrogen-bond acceptors (Lipinski definition) is 5. The number of benzene rings is 2. The van der Waals surface area contributed by atoms with Crippen molar-refractivity contribution in [3.63, 3.8) is 0 Å². The van der Waals surface area contributed by atoms with Crippen LogP contribution in [0.2, 0.25) is 0 Å². The fourth-order valence-electron chi connectivity index (χ4n) is 2.64. The third-order valence-electron chi connectivity index (χ3n) is 3.89. The predicted octanol–water partition coefficient (Wildman–Crippen LogP) is 4.07. The van der Waals surface area contributed by atoms with E-state index in [2.05, 4.69) is 20.5 Å². The molecule has 0 saturated heterocycles. The summed E-state index contributed by atoms with van der Waals surface area (Å²) in [5.41, 5.74) is -0.907. The molecule has 0 amide bonds. The zero-order chi connectivity index (χ0) is 19.7. The van der Waals surface area contributed by atoms with Crippen molar-refractivity contribution in [2.24, 2.45) is 0 Å². The van der Waals surface area contributed by atoms with Crippen molar-refractivity contribution in [2.45, 2.75) is 12.6 Å². The Labute approximate surface area is 155 Å². The lowest BCUT2D eigenvalue weighted by molar-refractivity contribution is -0.142. The molecule has 0 aliphatic carbocycles. The maximum Gasteiger partial charge on any atom is 0.435 e. The molecule has 0 fully saturated rings. The van der Waals surface area contributed by atoms with E-state index in [1.807, 2.05) is 30.3 Å². The van der Waals surface area contributed by atoms with Gasteiger partial charge in [-0.05, 0) is 29.8 Å². The van der Waals surface area contributed by atoms with Gasteiger partial charge in [-0.15, -0.1) is 5.10 Å². The van der Waals surface area contributed by atoms with Crippen molar-refractivity contribution < 1.29 is 22.1 Å². The Morgan fingerprint density at radius 3 is 2.36 bits per heavy atom. The molecular weight excluding hydrogens is 378 g/mol. The van der Waals surface area contributed by atoms with E-state index < -0.39 is 29.3 Å². The monoisotopic (exact) mass is 389 g/mol. The number of nitrogens with zero attached hydrogens (tertiary/aromatic N) is 5. The lowest BCUT2D eigenvalue weighted by Gasteiger charge is -2.10. The van der Waals surface area contributed by atoms with E-state index in [4.69, 9.17) is 4.52 Å². The molecule has 0 unspecified atom stereocenters. The molecule has 10 heteroatoms. The normalized spacial score (nSPS) is 11.7. The molecular formula is C18H11F4N5O. The second-order valence-corrected chi connectivity index (χ2v) is 5.85. The summed E-state index contributed by atoms with van der Waals surface area (Å²) in [6.45, 7) is 0. The van der Waals surface area contributed by atoms with Gasteiger partial charge in [-0.2, -0.15) is 18.2 Å². The highest BCUT2D eigenvalue weighted by Crippen LogP contribution is 2.36. The summed E-state index contributed by atoms with van der Waals surface area (Å²) >= 11 is 0. The molecule has 2 heterocycles. The first-order valence-corrected chi connectivity index (χ1v) is 8.07. The summed E-state index contributed by atoms with van der Waals surface area (Å²) < 4.78 is 59.7. The molecule has 4 rings (SSSR count). The Kier molecular flexibility index (Phi) is 4.38. The predicted molar refractivity (Wildman–Crippen MR) is 88.9 cm³/mol. The molecule has 4 aromatic rings. The first-order chi connectivity index (χ1) is 13.4. The lowest BCUT2D eigenvalue weighted by Crippen LogP contribution is -2.14. The second kappa shape index (κ2) is 6.87. The van der Waals surface area contributed by atoms with Crippen molar-refractivity contribution in [1.82, 2.24) is 25.1 Å². The average Bonchev–Trinajstić information content (AvgIpc) is 3.30. The van der Waals surface area contributed by atoms with Gasteiger partial charge in [0.25, 0.3) is 5.89 Å². The molecule has 0 radical (unpaired) electrons. The molecule has 0 saturated carbocycles. The summed E-state index contributed by atoms with van der Waals surface area (Å²) in [7, 11) is 0. The van der Waals surface area contributed by atoms with Crippen LogP contribution in [-0.2, 0) is 12.6 Å². The quantitative estimate of drug-likeness (QED) is 0.492. The van der Waals surface area contributed by atoms with Crippen LogP contribution in [0.25, 0.3) is 17.3 Å².